The number of rotatable bonds is 2. The van der Waals surface area contributed by atoms with E-state index in [-0.39, 0.29) is 24.2 Å². The molecule has 0 unspecified atom stereocenters. The van der Waals surface area contributed by atoms with E-state index in [9.17, 15) is 0 Å². The van der Waals surface area contributed by atoms with E-state index in [0.717, 1.165) is 49.7 Å². The third-order valence-corrected chi connectivity index (χ3v) is 8.94. The summed E-state index contributed by atoms with van der Waals surface area (Å²) in [6.07, 6.45) is 0. The molecule has 0 radical (unpaired) electrons. The van der Waals surface area contributed by atoms with Gasteiger partial charge in [-0.3, -0.25) is 0 Å². The Labute approximate surface area is 252 Å². The summed E-state index contributed by atoms with van der Waals surface area (Å²) in [6, 6.07) is 41.3. The fourth-order valence-electron chi connectivity index (χ4n) is 7.10. The standard InChI is InChI=1S/C40H25N3/c1-2-11-26(12-3-1)42-36-17-9-7-15-30(36)31-20-19-27(22-38(31)42)43-37-21-18-25-10-4-5-13-28(25)40(37)33-23-32-29-14-6-8-16-34(29)41-35(32)24-39(33)43/h1-24,41H/i7D,9D,15D,17D. The number of aromatic amines is 1. The van der Waals surface area contributed by atoms with Crippen LogP contribution in [0.2, 0.25) is 0 Å². The number of hydrogen-bond acceptors (Lipinski definition) is 0. The lowest BCUT2D eigenvalue weighted by Gasteiger charge is -2.11. The quantitative estimate of drug-likeness (QED) is 0.221. The van der Waals surface area contributed by atoms with Crippen molar-refractivity contribution in [2.45, 2.75) is 0 Å². The molecule has 0 aliphatic carbocycles. The van der Waals surface area contributed by atoms with Crippen LogP contribution < -0.4 is 0 Å². The Morgan fingerprint density at radius 2 is 1.21 bits per heavy atom. The van der Waals surface area contributed by atoms with Gasteiger partial charge in [-0.25, -0.2) is 0 Å². The molecule has 3 heteroatoms. The first-order valence-corrected chi connectivity index (χ1v) is 14.5. The first-order chi connectivity index (χ1) is 23.0. The highest BCUT2D eigenvalue weighted by Gasteiger charge is 2.19. The van der Waals surface area contributed by atoms with Gasteiger partial charge in [-0.1, -0.05) is 90.9 Å². The van der Waals surface area contributed by atoms with Crippen LogP contribution in [0.4, 0.5) is 0 Å². The average molecular weight is 552 g/mol. The maximum Gasteiger partial charge on any atom is 0.0645 e. The molecule has 10 aromatic rings. The summed E-state index contributed by atoms with van der Waals surface area (Å²) >= 11 is 0. The first kappa shape index (κ1) is 19.3. The Hall–Kier alpha value is -5.80. The maximum absolute atomic E-state index is 8.94. The lowest BCUT2D eigenvalue weighted by atomic mass is 10.0. The molecule has 0 bridgehead atoms. The molecule has 3 heterocycles. The van der Waals surface area contributed by atoms with Gasteiger partial charge in [0.25, 0.3) is 0 Å². The van der Waals surface area contributed by atoms with Gasteiger partial charge in [0.1, 0.15) is 0 Å². The minimum atomic E-state index is -0.237. The Balaban J connectivity index is 1.38. The van der Waals surface area contributed by atoms with Crippen molar-refractivity contribution in [3.8, 4) is 11.4 Å². The summed E-state index contributed by atoms with van der Waals surface area (Å²) in [7, 11) is 0. The van der Waals surface area contributed by atoms with Gasteiger partial charge >= 0.3 is 0 Å². The lowest BCUT2D eigenvalue weighted by molar-refractivity contribution is 1.16. The van der Waals surface area contributed by atoms with Crippen molar-refractivity contribution in [2.75, 3.05) is 0 Å². The molecular weight excluding hydrogens is 522 g/mol. The summed E-state index contributed by atoms with van der Waals surface area (Å²) in [5.74, 6) is 0. The van der Waals surface area contributed by atoms with Crippen LogP contribution in [0.1, 0.15) is 5.48 Å². The zero-order chi connectivity index (χ0) is 31.6. The van der Waals surface area contributed by atoms with Crippen molar-refractivity contribution in [2.24, 2.45) is 0 Å². The van der Waals surface area contributed by atoms with E-state index in [1.165, 1.54) is 26.9 Å². The molecule has 3 nitrogen and oxygen atoms in total. The van der Waals surface area contributed by atoms with E-state index in [2.05, 4.69) is 94.5 Å². The van der Waals surface area contributed by atoms with Crippen LogP contribution in [0.15, 0.2) is 145 Å². The fraction of sp³-hybridized carbons (Fsp3) is 0. The number of benzene rings is 7. The SMILES string of the molecule is [2H]c1c([2H])c([2H])c2c(c1[2H])c1ccc(-n3c4cc5[nH]c6ccccc6c5cc4c4c5ccccc5ccc43)cc1n2-c1ccccc1. The zero-order valence-electron chi connectivity index (χ0n) is 26.9. The molecule has 200 valence electrons. The van der Waals surface area contributed by atoms with Gasteiger partial charge in [-0.2, -0.15) is 0 Å². The molecule has 0 atom stereocenters. The van der Waals surface area contributed by atoms with E-state index in [0.29, 0.717) is 10.9 Å². The number of para-hydroxylation sites is 3. The van der Waals surface area contributed by atoms with Crippen molar-refractivity contribution in [3.63, 3.8) is 0 Å². The number of nitrogens with one attached hydrogen (secondary N) is 1. The average Bonchev–Trinajstić information content (AvgIpc) is 3.76. The van der Waals surface area contributed by atoms with Crippen LogP contribution >= 0.6 is 0 Å². The van der Waals surface area contributed by atoms with Crippen LogP contribution in [0.3, 0.4) is 0 Å². The molecule has 0 amide bonds. The van der Waals surface area contributed by atoms with Crippen LogP contribution in [0.5, 0.6) is 0 Å². The van der Waals surface area contributed by atoms with Gasteiger partial charge in [0.05, 0.1) is 27.5 Å². The van der Waals surface area contributed by atoms with Crippen molar-refractivity contribution >= 4 is 76.2 Å². The second kappa shape index (κ2) is 8.37. The molecule has 0 saturated heterocycles. The minimum Gasteiger partial charge on any atom is -0.354 e. The molecule has 1 N–H and O–H groups in total. The predicted octanol–water partition coefficient (Wildman–Crippen LogP) is 10.7. The van der Waals surface area contributed by atoms with Gasteiger partial charge < -0.3 is 14.1 Å². The number of nitrogens with zero attached hydrogens (tertiary/aromatic N) is 2. The number of aromatic nitrogens is 3. The van der Waals surface area contributed by atoms with Gasteiger partial charge in [0.15, 0.2) is 0 Å². The van der Waals surface area contributed by atoms with Crippen LogP contribution in [0.25, 0.3) is 87.6 Å². The van der Waals surface area contributed by atoms with Crippen LogP contribution in [-0.2, 0) is 0 Å². The molecule has 0 fully saturated rings. The normalized spacial score (nSPS) is 13.5. The minimum absolute atomic E-state index is 0.0297. The van der Waals surface area contributed by atoms with E-state index >= 15 is 0 Å². The molecule has 0 aliphatic rings. The highest BCUT2D eigenvalue weighted by molar-refractivity contribution is 6.25. The third kappa shape index (κ3) is 3.08. The summed E-state index contributed by atoms with van der Waals surface area (Å²) in [5, 5.41) is 8.41. The first-order valence-electron chi connectivity index (χ1n) is 16.5. The number of fused-ring (bicyclic) bond motifs is 11. The number of H-pyrrole nitrogens is 1. The molecule has 0 spiro atoms. The topological polar surface area (TPSA) is 25.6 Å². The molecule has 0 saturated carbocycles. The molecule has 10 rings (SSSR count). The Bertz CT molecular complexity index is 2950. The van der Waals surface area contributed by atoms with E-state index in [1.54, 1.807) is 0 Å². The Morgan fingerprint density at radius 3 is 2.14 bits per heavy atom. The fourth-order valence-corrected chi connectivity index (χ4v) is 7.10. The zero-order valence-corrected chi connectivity index (χ0v) is 22.9. The van der Waals surface area contributed by atoms with E-state index in [4.69, 9.17) is 5.48 Å². The van der Waals surface area contributed by atoms with Crippen molar-refractivity contribution in [1.82, 2.24) is 14.1 Å². The summed E-state index contributed by atoms with van der Waals surface area (Å²) < 4.78 is 39.0. The second-order valence-electron chi connectivity index (χ2n) is 11.2. The molecule has 7 aromatic carbocycles. The Morgan fingerprint density at radius 1 is 0.442 bits per heavy atom. The van der Waals surface area contributed by atoms with Crippen molar-refractivity contribution < 1.29 is 5.48 Å². The monoisotopic (exact) mass is 551 g/mol. The van der Waals surface area contributed by atoms with Crippen LogP contribution in [0, 0.1) is 0 Å². The van der Waals surface area contributed by atoms with Gasteiger partial charge in [-0.05, 0) is 65.3 Å². The van der Waals surface area contributed by atoms with Crippen LogP contribution in [-0.4, -0.2) is 14.1 Å². The van der Waals surface area contributed by atoms with Crippen molar-refractivity contribution in [1.29, 1.82) is 0 Å². The van der Waals surface area contributed by atoms with E-state index in [1.807, 2.05) is 41.0 Å². The largest absolute Gasteiger partial charge is 0.354 e. The lowest BCUT2D eigenvalue weighted by Crippen LogP contribution is -1.97. The van der Waals surface area contributed by atoms with Gasteiger partial charge in [0, 0.05) is 54.7 Å². The molecular formula is C40H25N3. The molecule has 0 aliphatic heterocycles. The highest BCUT2D eigenvalue weighted by atomic mass is 15.0. The summed E-state index contributed by atoms with van der Waals surface area (Å²) in [4.78, 5) is 3.64. The maximum atomic E-state index is 8.94. The number of hydrogen-bond donors (Lipinski definition) is 1. The van der Waals surface area contributed by atoms with Crippen molar-refractivity contribution in [3.05, 3.63) is 145 Å². The highest BCUT2D eigenvalue weighted by Crippen LogP contribution is 2.41. The van der Waals surface area contributed by atoms with Gasteiger partial charge in [-0.15, -0.1) is 0 Å². The van der Waals surface area contributed by atoms with Gasteiger partial charge in [0.2, 0.25) is 0 Å². The predicted molar refractivity (Wildman–Crippen MR) is 182 cm³/mol. The smallest absolute Gasteiger partial charge is 0.0645 e. The summed E-state index contributed by atoms with van der Waals surface area (Å²) in [6.45, 7) is 0. The molecule has 3 aromatic heterocycles. The third-order valence-electron chi connectivity index (χ3n) is 8.94. The molecule has 43 heavy (non-hydrogen) atoms. The second-order valence-corrected chi connectivity index (χ2v) is 11.2. The van der Waals surface area contributed by atoms with E-state index < -0.39 is 0 Å². The Kier molecular flexibility index (Phi) is 3.77. The summed E-state index contributed by atoms with van der Waals surface area (Å²) in [5.41, 5.74) is 7.39.